The van der Waals surface area contributed by atoms with E-state index in [2.05, 4.69) is 52.4 Å². The topological polar surface area (TPSA) is 18.5 Å². The van der Waals surface area contributed by atoms with E-state index < -0.39 is 0 Å². The van der Waals surface area contributed by atoms with Crippen LogP contribution in [0.2, 0.25) is 5.02 Å². The molecule has 0 aliphatic rings. The summed E-state index contributed by atoms with van der Waals surface area (Å²) >= 11 is 12.0. The Hall–Kier alpha value is -1.78. The molecule has 0 saturated carbocycles. The predicted octanol–water partition coefficient (Wildman–Crippen LogP) is 5.24. The van der Waals surface area contributed by atoms with Gasteiger partial charge >= 0.3 is 0 Å². The lowest BCUT2D eigenvalue weighted by atomic mass is 10.1. The van der Waals surface area contributed by atoms with E-state index in [1.165, 1.54) is 11.3 Å². The van der Waals surface area contributed by atoms with Crippen LogP contribution in [0.4, 0.5) is 11.4 Å². The molecule has 0 aromatic heterocycles. The van der Waals surface area contributed by atoms with Gasteiger partial charge in [-0.15, -0.1) is 0 Å². The van der Waals surface area contributed by atoms with Gasteiger partial charge in [-0.25, -0.2) is 0 Å². The molecule has 0 heterocycles. The van der Waals surface area contributed by atoms with Crippen LogP contribution in [0.1, 0.15) is 23.6 Å². The van der Waals surface area contributed by atoms with Crippen LogP contribution >= 0.6 is 23.8 Å². The zero-order chi connectivity index (χ0) is 18.6. The van der Waals surface area contributed by atoms with Crippen molar-refractivity contribution in [2.24, 2.45) is 0 Å². The molecule has 0 saturated heterocycles. The summed E-state index contributed by atoms with van der Waals surface area (Å²) in [7, 11) is 4.08. The van der Waals surface area contributed by atoms with Gasteiger partial charge in [-0.1, -0.05) is 29.8 Å². The predicted molar refractivity (Wildman–Crippen MR) is 114 cm³/mol. The first kappa shape index (κ1) is 19.5. The number of hydrogen-bond acceptors (Lipinski definition) is 2. The lowest BCUT2D eigenvalue weighted by Crippen LogP contribution is -2.34. The van der Waals surface area contributed by atoms with Crippen molar-refractivity contribution in [1.29, 1.82) is 0 Å². The SMILES string of the molecule is CCN(Cc1ccc(N(C)C)cc1)C(=S)Nc1c(C)cc(C)cc1Cl. The Kier molecular flexibility index (Phi) is 6.68. The molecule has 134 valence electrons. The Balaban J connectivity index is 2.11. The maximum absolute atomic E-state index is 6.39. The second-order valence-corrected chi connectivity index (χ2v) is 7.24. The molecule has 0 fully saturated rings. The third-order valence-corrected chi connectivity index (χ3v) is 4.82. The largest absolute Gasteiger partial charge is 0.378 e. The van der Waals surface area contributed by atoms with Crippen molar-refractivity contribution in [2.45, 2.75) is 27.3 Å². The van der Waals surface area contributed by atoms with Crippen LogP contribution in [0.3, 0.4) is 0 Å². The third-order valence-electron chi connectivity index (χ3n) is 4.16. The lowest BCUT2D eigenvalue weighted by molar-refractivity contribution is 0.442. The number of nitrogens with zero attached hydrogens (tertiary/aromatic N) is 2. The Bertz CT molecular complexity index is 718. The average molecular weight is 376 g/mol. The summed E-state index contributed by atoms with van der Waals surface area (Å²) in [4.78, 5) is 4.23. The zero-order valence-electron chi connectivity index (χ0n) is 15.6. The Morgan fingerprint density at radius 3 is 2.28 bits per heavy atom. The molecule has 0 aliphatic heterocycles. The van der Waals surface area contributed by atoms with Crippen molar-refractivity contribution in [2.75, 3.05) is 30.9 Å². The Morgan fingerprint density at radius 2 is 1.76 bits per heavy atom. The van der Waals surface area contributed by atoms with E-state index in [1.54, 1.807) is 0 Å². The molecule has 0 radical (unpaired) electrons. The first-order valence-corrected chi connectivity index (χ1v) is 9.19. The highest BCUT2D eigenvalue weighted by molar-refractivity contribution is 7.80. The summed E-state index contributed by atoms with van der Waals surface area (Å²) in [5.41, 5.74) is 5.54. The summed E-state index contributed by atoms with van der Waals surface area (Å²) in [6.07, 6.45) is 0. The molecule has 25 heavy (non-hydrogen) atoms. The summed E-state index contributed by atoms with van der Waals surface area (Å²) in [6, 6.07) is 12.6. The van der Waals surface area contributed by atoms with Gasteiger partial charge < -0.3 is 15.1 Å². The fraction of sp³-hybridized carbons (Fsp3) is 0.350. The molecule has 0 bridgehead atoms. The van der Waals surface area contributed by atoms with Crippen molar-refractivity contribution in [1.82, 2.24) is 4.90 Å². The minimum Gasteiger partial charge on any atom is -0.378 e. The van der Waals surface area contributed by atoms with Crippen LogP contribution in [0, 0.1) is 13.8 Å². The number of anilines is 2. The first-order chi connectivity index (χ1) is 11.8. The third kappa shape index (κ3) is 5.10. The van der Waals surface area contributed by atoms with Crippen molar-refractivity contribution >= 4 is 40.3 Å². The number of hydrogen-bond donors (Lipinski definition) is 1. The zero-order valence-corrected chi connectivity index (χ0v) is 17.1. The second-order valence-electron chi connectivity index (χ2n) is 6.44. The number of aryl methyl sites for hydroxylation is 2. The highest BCUT2D eigenvalue weighted by atomic mass is 35.5. The van der Waals surface area contributed by atoms with Crippen LogP contribution in [-0.4, -0.2) is 30.7 Å². The molecular formula is C20H26ClN3S. The summed E-state index contributed by atoms with van der Waals surface area (Å²) in [5.74, 6) is 0. The van der Waals surface area contributed by atoms with Crippen molar-refractivity contribution in [3.05, 3.63) is 58.1 Å². The summed E-state index contributed by atoms with van der Waals surface area (Å²) in [5, 5.41) is 4.71. The monoisotopic (exact) mass is 375 g/mol. The van der Waals surface area contributed by atoms with Gasteiger partial charge in [0.25, 0.3) is 0 Å². The first-order valence-electron chi connectivity index (χ1n) is 8.40. The van der Waals surface area contributed by atoms with E-state index in [-0.39, 0.29) is 0 Å². The minimum atomic E-state index is 0.688. The molecule has 0 amide bonds. The molecule has 0 spiro atoms. The fourth-order valence-corrected chi connectivity index (χ4v) is 3.37. The highest BCUT2D eigenvalue weighted by Crippen LogP contribution is 2.27. The van der Waals surface area contributed by atoms with Crippen LogP contribution in [0.25, 0.3) is 0 Å². The highest BCUT2D eigenvalue weighted by Gasteiger charge is 2.12. The fourth-order valence-electron chi connectivity index (χ4n) is 2.71. The van der Waals surface area contributed by atoms with Crippen molar-refractivity contribution < 1.29 is 0 Å². The van der Waals surface area contributed by atoms with Crippen molar-refractivity contribution in [3.63, 3.8) is 0 Å². The van der Waals surface area contributed by atoms with Crippen molar-refractivity contribution in [3.8, 4) is 0 Å². The van der Waals surface area contributed by atoms with E-state index in [9.17, 15) is 0 Å². The second kappa shape index (κ2) is 8.54. The number of benzene rings is 2. The van der Waals surface area contributed by atoms with E-state index in [0.29, 0.717) is 10.1 Å². The molecule has 0 aliphatic carbocycles. The smallest absolute Gasteiger partial charge is 0.173 e. The Morgan fingerprint density at radius 1 is 1.12 bits per heavy atom. The van der Waals surface area contributed by atoms with Gasteiger partial charge in [-0.05, 0) is 67.9 Å². The molecule has 2 aromatic carbocycles. The maximum Gasteiger partial charge on any atom is 0.173 e. The van der Waals surface area contributed by atoms with Crippen LogP contribution < -0.4 is 10.2 Å². The quantitative estimate of drug-likeness (QED) is 0.720. The van der Waals surface area contributed by atoms with Gasteiger partial charge in [0.2, 0.25) is 0 Å². The maximum atomic E-state index is 6.39. The summed E-state index contributed by atoms with van der Waals surface area (Å²) < 4.78 is 0. The molecule has 5 heteroatoms. The molecule has 0 atom stereocenters. The molecule has 3 nitrogen and oxygen atoms in total. The van der Waals surface area contributed by atoms with Gasteiger partial charge in [-0.3, -0.25) is 0 Å². The van der Waals surface area contributed by atoms with Crippen LogP contribution in [0.15, 0.2) is 36.4 Å². The van der Waals surface area contributed by atoms with Gasteiger partial charge in [0, 0.05) is 32.9 Å². The standard InChI is InChI=1S/C20H26ClN3S/c1-6-24(13-16-7-9-17(10-8-16)23(4)5)20(25)22-19-15(3)11-14(2)12-18(19)21/h7-12H,6,13H2,1-5H3,(H,22,25). The van der Waals surface area contributed by atoms with Crippen LogP contribution in [0.5, 0.6) is 0 Å². The number of thiocarbonyl (C=S) groups is 1. The molecule has 2 aromatic rings. The van der Waals surface area contributed by atoms with E-state index >= 15 is 0 Å². The van der Waals surface area contributed by atoms with E-state index in [1.807, 2.05) is 34.0 Å². The number of rotatable bonds is 5. The molecule has 2 rings (SSSR count). The Labute approximate surface area is 161 Å². The summed E-state index contributed by atoms with van der Waals surface area (Å²) in [6.45, 7) is 7.77. The minimum absolute atomic E-state index is 0.688. The van der Waals surface area contributed by atoms with Gasteiger partial charge in [-0.2, -0.15) is 0 Å². The number of halogens is 1. The lowest BCUT2D eigenvalue weighted by Gasteiger charge is -2.26. The van der Waals surface area contributed by atoms with E-state index in [4.69, 9.17) is 23.8 Å². The number of nitrogens with one attached hydrogen (secondary N) is 1. The molecular weight excluding hydrogens is 350 g/mol. The van der Waals surface area contributed by atoms with Gasteiger partial charge in [0.1, 0.15) is 0 Å². The normalized spacial score (nSPS) is 10.5. The van der Waals surface area contributed by atoms with Gasteiger partial charge in [0.05, 0.1) is 10.7 Å². The molecule has 1 N–H and O–H groups in total. The van der Waals surface area contributed by atoms with Crippen LogP contribution in [-0.2, 0) is 6.54 Å². The molecule has 0 unspecified atom stereocenters. The van der Waals surface area contributed by atoms with E-state index in [0.717, 1.165) is 29.9 Å². The van der Waals surface area contributed by atoms with Gasteiger partial charge in [0.15, 0.2) is 5.11 Å². The average Bonchev–Trinajstić information content (AvgIpc) is 2.56.